The summed E-state index contributed by atoms with van der Waals surface area (Å²) in [5.41, 5.74) is 2.00. The van der Waals surface area contributed by atoms with Gasteiger partial charge in [-0.3, -0.25) is 4.90 Å². The lowest BCUT2D eigenvalue weighted by Crippen LogP contribution is -2.40. The van der Waals surface area contributed by atoms with Crippen LogP contribution >= 0.6 is 11.6 Å². The number of para-hydroxylation sites is 2. The molecule has 2 aromatic carbocycles. The summed E-state index contributed by atoms with van der Waals surface area (Å²) in [6, 6.07) is 13.7. The second-order valence-electron chi connectivity index (χ2n) is 6.09. The molecule has 0 amide bonds. The average molecular weight is 361 g/mol. The molecule has 0 saturated carbocycles. The number of halogens is 1. The second-order valence-corrected chi connectivity index (χ2v) is 6.53. The topological polar surface area (TPSA) is 34.2 Å². The summed E-state index contributed by atoms with van der Waals surface area (Å²) >= 11 is 6.27. The molecule has 0 spiro atoms. The van der Waals surface area contributed by atoms with Crippen LogP contribution in [0.15, 0.2) is 42.5 Å². The maximum Gasteiger partial charge on any atom is 0.231 e. The van der Waals surface area contributed by atoms with Gasteiger partial charge in [0, 0.05) is 31.2 Å². The molecule has 4 rings (SSSR count). The Morgan fingerprint density at radius 1 is 0.880 bits per heavy atom. The number of morpholine rings is 1. The van der Waals surface area contributed by atoms with E-state index in [9.17, 15) is 0 Å². The molecule has 0 radical (unpaired) electrons. The van der Waals surface area contributed by atoms with Crippen LogP contribution in [0.25, 0.3) is 0 Å². The van der Waals surface area contributed by atoms with E-state index in [4.69, 9.17) is 25.8 Å². The highest BCUT2D eigenvalue weighted by atomic mass is 35.5. The molecule has 0 unspecified atom stereocenters. The number of rotatable bonds is 3. The van der Waals surface area contributed by atoms with Gasteiger partial charge < -0.3 is 19.1 Å². The number of anilines is 2. The Bertz CT molecular complexity index is 734. The van der Waals surface area contributed by atoms with Gasteiger partial charge in [-0.25, -0.2) is 0 Å². The van der Waals surface area contributed by atoms with Crippen molar-refractivity contribution >= 4 is 23.0 Å². The second kappa shape index (κ2) is 7.52. The van der Waals surface area contributed by atoms with Crippen molar-refractivity contribution in [2.75, 3.05) is 51.1 Å². The number of hydrogen-bond donors (Lipinski definition) is 0. The van der Waals surface area contributed by atoms with Crippen LogP contribution < -0.4 is 14.4 Å². The minimum absolute atomic E-state index is 0.183. The number of fused-ring (bicyclic) bond motifs is 2. The third-order valence-corrected chi connectivity index (χ3v) is 4.78. The molecule has 1 fully saturated rings. The quantitative estimate of drug-likeness (QED) is 0.836. The summed E-state index contributed by atoms with van der Waals surface area (Å²) in [6.45, 7) is 5.45. The van der Waals surface area contributed by atoms with Gasteiger partial charge in [0.1, 0.15) is 11.5 Å². The van der Waals surface area contributed by atoms with E-state index in [0.717, 1.165) is 62.3 Å². The Balaban J connectivity index is 1.67. The molecule has 0 bridgehead atoms. The Labute approximate surface area is 152 Å². The van der Waals surface area contributed by atoms with E-state index in [2.05, 4.69) is 15.9 Å². The number of benzene rings is 2. The first kappa shape index (κ1) is 16.5. The van der Waals surface area contributed by atoms with Gasteiger partial charge in [0.25, 0.3) is 0 Å². The molecular formula is C19H21ClN2O3. The van der Waals surface area contributed by atoms with Crippen molar-refractivity contribution in [2.24, 2.45) is 0 Å². The number of hydrogen-bond acceptors (Lipinski definition) is 5. The van der Waals surface area contributed by atoms with Crippen molar-refractivity contribution in [1.29, 1.82) is 0 Å². The zero-order valence-corrected chi connectivity index (χ0v) is 14.7. The van der Waals surface area contributed by atoms with Crippen LogP contribution in [-0.4, -0.2) is 51.1 Å². The van der Waals surface area contributed by atoms with Crippen LogP contribution in [0.3, 0.4) is 0 Å². The van der Waals surface area contributed by atoms with Gasteiger partial charge in [-0.2, -0.15) is 0 Å². The molecule has 5 nitrogen and oxygen atoms in total. The van der Waals surface area contributed by atoms with Crippen molar-refractivity contribution in [3.05, 3.63) is 47.5 Å². The van der Waals surface area contributed by atoms with E-state index in [0.29, 0.717) is 5.02 Å². The Kier molecular flexibility index (Phi) is 4.97. The van der Waals surface area contributed by atoms with E-state index in [1.165, 1.54) is 0 Å². The van der Waals surface area contributed by atoms with Crippen molar-refractivity contribution < 1.29 is 14.2 Å². The maximum absolute atomic E-state index is 6.27. The first-order valence-electron chi connectivity index (χ1n) is 8.53. The number of nitrogens with zero attached hydrogens (tertiary/aromatic N) is 2. The fourth-order valence-electron chi connectivity index (χ4n) is 3.22. The van der Waals surface area contributed by atoms with Gasteiger partial charge in [-0.1, -0.05) is 23.7 Å². The summed E-state index contributed by atoms with van der Waals surface area (Å²) in [5, 5.41) is 0.692. The summed E-state index contributed by atoms with van der Waals surface area (Å²) in [7, 11) is 0. The van der Waals surface area contributed by atoms with Crippen molar-refractivity contribution in [3.63, 3.8) is 0 Å². The Morgan fingerprint density at radius 3 is 2.48 bits per heavy atom. The van der Waals surface area contributed by atoms with E-state index >= 15 is 0 Å². The predicted molar refractivity (Wildman–Crippen MR) is 98.3 cm³/mol. The molecule has 2 aliphatic rings. The van der Waals surface area contributed by atoms with Gasteiger partial charge in [0.2, 0.25) is 6.79 Å². The summed E-state index contributed by atoms with van der Waals surface area (Å²) < 4.78 is 17.1. The van der Waals surface area contributed by atoms with Gasteiger partial charge in [-0.15, -0.1) is 0 Å². The van der Waals surface area contributed by atoms with Crippen LogP contribution in [-0.2, 0) is 4.74 Å². The van der Waals surface area contributed by atoms with Gasteiger partial charge in [0.15, 0.2) is 0 Å². The Hall–Kier alpha value is -1.95. The molecule has 1 saturated heterocycles. The minimum Gasteiger partial charge on any atom is -0.455 e. The molecule has 25 heavy (non-hydrogen) atoms. The zero-order chi connectivity index (χ0) is 17.1. The molecule has 2 aliphatic heterocycles. The maximum atomic E-state index is 6.27. The smallest absolute Gasteiger partial charge is 0.231 e. The van der Waals surface area contributed by atoms with Crippen molar-refractivity contribution in [3.8, 4) is 11.5 Å². The Morgan fingerprint density at radius 2 is 1.64 bits per heavy atom. The first-order chi connectivity index (χ1) is 12.3. The summed E-state index contributed by atoms with van der Waals surface area (Å²) in [6.07, 6.45) is 0. The van der Waals surface area contributed by atoms with Gasteiger partial charge >= 0.3 is 0 Å². The fraction of sp³-hybridized carbons (Fsp3) is 0.368. The normalized spacial score (nSPS) is 17.6. The van der Waals surface area contributed by atoms with E-state index in [1.54, 1.807) is 0 Å². The molecule has 6 heteroatoms. The predicted octanol–water partition coefficient (Wildman–Crippen LogP) is 3.54. The lowest BCUT2D eigenvalue weighted by molar-refractivity contribution is 0.0393. The van der Waals surface area contributed by atoms with Crippen LogP contribution in [0.1, 0.15) is 0 Å². The van der Waals surface area contributed by atoms with Crippen LogP contribution in [0.4, 0.5) is 11.4 Å². The highest BCUT2D eigenvalue weighted by Gasteiger charge is 2.22. The highest BCUT2D eigenvalue weighted by Crippen LogP contribution is 2.41. The van der Waals surface area contributed by atoms with Crippen LogP contribution in [0.5, 0.6) is 11.5 Å². The summed E-state index contributed by atoms with van der Waals surface area (Å²) in [4.78, 5) is 4.64. The van der Waals surface area contributed by atoms with E-state index < -0.39 is 0 Å². The molecule has 0 aliphatic carbocycles. The standard InChI is InChI=1S/C19H21ClN2O3/c20-15-5-6-19-17(13-15)22(8-7-21-9-11-23-12-10-21)16-3-1-2-4-18(16)24-14-25-19/h1-6,13H,7-12,14H2. The zero-order valence-electron chi connectivity index (χ0n) is 14.0. The molecule has 0 aromatic heterocycles. The third-order valence-electron chi connectivity index (χ3n) is 4.54. The molecule has 0 atom stereocenters. The van der Waals surface area contributed by atoms with Gasteiger partial charge in [0.05, 0.1) is 24.6 Å². The SMILES string of the molecule is Clc1ccc2c(c1)N(CCN1CCOCC1)c1ccccc1OCO2. The van der Waals surface area contributed by atoms with Crippen LogP contribution in [0, 0.1) is 0 Å². The van der Waals surface area contributed by atoms with Crippen molar-refractivity contribution in [1.82, 2.24) is 4.90 Å². The highest BCUT2D eigenvalue weighted by molar-refractivity contribution is 6.31. The molecular weight excluding hydrogens is 340 g/mol. The minimum atomic E-state index is 0.183. The molecule has 0 N–H and O–H groups in total. The molecule has 2 aromatic rings. The average Bonchev–Trinajstić information content (AvgIpc) is 2.64. The third kappa shape index (κ3) is 3.68. The molecule has 2 heterocycles. The largest absolute Gasteiger partial charge is 0.455 e. The monoisotopic (exact) mass is 360 g/mol. The summed E-state index contributed by atoms with van der Waals surface area (Å²) in [5.74, 6) is 1.59. The lowest BCUT2D eigenvalue weighted by atomic mass is 10.2. The fourth-order valence-corrected chi connectivity index (χ4v) is 3.39. The molecule has 132 valence electrons. The first-order valence-corrected chi connectivity index (χ1v) is 8.91. The van der Waals surface area contributed by atoms with Gasteiger partial charge in [-0.05, 0) is 30.3 Å². The number of ether oxygens (including phenoxy) is 3. The van der Waals surface area contributed by atoms with Crippen LogP contribution in [0.2, 0.25) is 5.02 Å². The van der Waals surface area contributed by atoms with E-state index in [-0.39, 0.29) is 6.79 Å². The lowest BCUT2D eigenvalue weighted by Gasteiger charge is -2.34. The van der Waals surface area contributed by atoms with E-state index in [1.807, 2.05) is 36.4 Å². The van der Waals surface area contributed by atoms with Crippen molar-refractivity contribution in [2.45, 2.75) is 0 Å².